The summed E-state index contributed by atoms with van der Waals surface area (Å²) in [5.41, 5.74) is 6.06. The molecule has 1 amide bonds. The number of nitrogens with one attached hydrogen (secondary N) is 1. The number of hydrogen-bond acceptors (Lipinski definition) is 9. The normalized spacial score (nSPS) is 14.9. The molecule has 6 rings (SSSR count). The number of fused-ring (bicyclic) bond motifs is 5. The van der Waals surface area contributed by atoms with Gasteiger partial charge in [0.05, 0.1) is 35.6 Å². The van der Waals surface area contributed by atoms with Gasteiger partial charge < -0.3 is 14.1 Å². The van der Waals surface area contributed by atoms with Gasteiger partial charge in [-0.25, -0.2) is 28.1 Å². The molecule has 4 bridgehead atoms. The summed E-state index contributed by atoms with van der Waals surface area (Å²) < 4.78 is 41.3. The smallest absolute Gasteiger partial charge is 0.264 e. The van der Waals surface area contributed by atoms with Crippen molar-refractivity contribution in [1.82, 2.24) is 24.8 Å². The summed E-state index contributed by atoms with van der Waals surface area (Å²) in [6.07, 6.45) is 1.59. The van der Waals surface area contributed by atoms with E-state index < -0.39 is 10.0 Å². The predicted molar refractivity (Wildman–Crippen MR) is 165 cm³/mol. The fourth-order valence-corrected chi connectivity index (χ4v) is 6.40. The first-order valence-electron chi connectivity index (χ1n) is 14.3. The lowest BCUT2D eigenvalue weighted by Gasteiger charge is -2.22. The summed E-state index contributed by atoms with van der Waals surface area (Å²) in [5, 5.41) is 0. The molecule has 0 atom stereocenters. The molecule has 0 saturated carbocycles. The van der Waals surface area contributed by atoms with Crippen molar-refractivity contribution in [1.29, 1.82) is 0 Å². The maximum absolute atomic E-state index is 13.8. The number of amides is 1. The molecule has 226 valence electrons. The van der Waals surface area contributed by atoms with Crippen molar-refractivity contribution in [3.63, 3.8) is 0 Å². The van der Waals surface area contributed by atoms with Crippen LogP contribution in [0.3, 0.4) is 0 Å². The summed E-state index contributed by atoms with van der Waals surface area (Å²) in [6, 6.07) is 13.4. The van der Waals surface area contributed by atoms with E-state index in [1.165, 1.54) is 18.2 Å². The first kappa shape index (κ1) is 29.2. The fourth-order valence-electron chi connectivity index (χ4n) is 5.42. The van der Waals surface area contributed by atoms with E-state index in [1.54, 1.807) is 23.2 Å². The molecule has 1 aliphatic heterocycles. The van der Waals surface area contributed by atoms with Gasteiger partial charge in [0.15, 0.2) is 0 Å². The minimum absolute atomic E-state index is 0.0821. The van der Waals surface area contributed by atoms with Crippen LogP contribution in [0, 0.1) is 20.8 Å². The van der Waals surface area contributed by atoms with Gasteiger partial charge in [0.25, 0.3) is 15.9 Å². The quantitative estimate of drug-likeness (QED) is 0.276. The second kappa shape index (κ2) is 11.3. The van der Waals surface area contributed by atoms with E-state index in [0.29, 0.717) is 22.6 Å². The standard InChI is InChI=1S/C32H32N6O5S/c1-18(2)29-21(5)28-30(43-29)33-16-23(34-28)17-38-12-13-42-26-15-25(27-19(3)8-6-9-20(27)4)35-32(36-26)37-44(40,41)24-11-7-10-22(14-24)31(38)39/h6-11,14-16,18H,12-13,17H2,1-5H3,(H,35,36,37). The lowest BCUT2D eigenvalue weighted by atomic mass is 10.00. The minimum Gasteiger partial charge on any atom is -0.476 e. The van der Waals surface area contributed by atoms with Crippen LogP contribution < -0.4 is 9.46 Å². The predicted octanol–water partition coefficient (Wildman–Crippen LogP) is 5.56. The zero-order valence-electron chi connectivity index (χ0n) is 25.1. The number of anilines is 1. The van der Waals surface area contributed by atoms with Crippen LogP contribution in [0.5, 0.6) is 5.88 Å². The van der Waals surface area contributed by atoms with Crippen molar-refractivity contribution in [3.8, 4) is 17.1 Å². The molecule has 1 aliphatic rings. The third-order valence-corrected chi connectivity index (χ3v) is 8.88. The summed E-state index contributed by atoms with van der Waals surface area (Å²) in [4.78, 5) is 33.4. The number of rotatable bonds is 4. The largest absolute Gasteiger partial charge is 0.476 e. The van der Waals surface area contributed by atoms with Gasteiger partial charge in [-0.1, -0.05) is 38.1 Å². The first-order valence-corrected chi connectivity index (χ1v) is 15.7. The summed E-state index contributed by atoms with van der Waals surface area (Å²) >= 11 is 0. The molecule has 0 aliphatic carbocycles. The Labute approximate surface area is 255 Å². The Morgan fingerprint density at radius 1 is 1.00 bits per heavy atom. The van der Waals surface area contributed by atoms with Crippen molar-refractivity contribution in [2.45, 2.75) is 52.0 Å². The second-order valence-corrected chi connectivity index (χ2v) is 12.8. The van der Waals surface area contributed by atoms with Crippen LogP contribution in [-0.4, -0.2) is 52.3 Å². The van der Waals surface area contributed by atoms with Gasteiger partial charge in [0.2, 0.25) is 17.5 Å². The van der Waals surface area contributed by atoms with Crippen molar-refractivity contribution in [2.75, 3.05) is 17.9 Å². The first-order chi connectivity index (χ1) is 21.0. The van der Waals surface area contributed by atoms with Crippen LogP contribution >= 0.6 is 0 Å². The highest BCUT2D eigenvalue weighted by Gasteiger charge is 2.24. The Hall–Kier alpha value is -4.84. The number of hydrogen-bond donors (Lipinski definition) is 1. The number of benzene rings is 2. The Kier molecular flexibility index (Phi) is 7.54. The number of carbonyl (C=O) groups excluding carboxylic acids is 1. The molecule has 3 aromatic heterocycles. The molecule has 5 aromatic rings. The Morgan fingerprint density at radius 2 is 1.75 bits per heavy atom. The molecule has 0 radical (unpaired) electrons. The van der Waals surface area contributed by atoms with Gasteiger partial charge in [-0.15, -0.1) is 0 Å². The molecule has 0 spiro atoms. The van der Waals surface area contributed by atoms with Gasteiger partial charge in [-0.05, 0) is 50.1 Å². The van der Waals surface area contributed by atoms with Crippen LogP contribution in [0.2, 0.25) is 0 Å². The molecule has 12 heteroatoms. The number of aryl methyl sites for hydroxylation is 3. The summed E-state index contributed by atoms with van der Waals surface area (Å²) in [5.74, 6) is 0.647. The third-order valence-electron chi connectivity index (χ3n) is 7.55. The molecule has 11 nitrogen and oxygen atoms in total. The Bertz CT molecular complexity index is 2000. The van der Waals surface area contributed by atoms with Crippen LogP contribution in [0.4, 0.5) is 5.95 Å². The Balaban J connectivity index is 1.40. The monoisotopic (exact) mass is 612 g/mol. The molecule has 44 heavy (non-hydrogen) atoms. The van der Waals surface area contributed by atoms with Crippen LogP contribution in [-0.2, 0) is 16.6 Å². The van der Waals surface area contributed by atoms with E-state index in [1.807, 2.05) is 52.8 Å². The van der Waals surface area contributed by atoms with Crippen LogP contribution in [0.15, 0.2) is 64.0 Å². The SMILES string of the molecule is Cc1cccc(C)c1-c1cc2nc(n1)NS(=O)(=O)c1cccc(c1)C(=O)N(Cc1cnc3oc(C(C)C)c(C)c3n1)CCO2. The number of nitrogens with zero attached hydrogens (tertiary/aromatic N) is 5. The van der Waals surface area contributed by atoms with Crippen molar-refractivity contribution < 1.29 is 22.4 Å². The second-order valence-electron chi connectivity index (χ2n) is 11.2. The van der Waals surface area contributed by atoms with Gasteiger partial charge in [0, 0.05) is 28.7 Å². The molecular formula is C32H32N6O5S. The Morgan fingerprint density at radius 3 is 2.50 bits per heavy atom. The maximum Gasteiger partial charge on any atom is 0.264 e. The number of furan rings is 1. The lowest BCUT2D eigenvalue weighted by Crippen LogP contribution is -2.34. The minimum atomic E-state index is -4.15. The topological polar surface area (TPSA) is 140 Å². The summed E-state index contributed by atoms with van der Waals surface area (Å²) in [7, 11) is -4.15. The van der Waals surface area contributed by atoms with Gasteiger partial charge in [0.1, 0.15) is 17.9 Å². The molecular weight excluding hydrogens is 580 g/mol. The fraction of sp³-hybridized carbons (Fsp3) is 0.281. The molecule has 1 N–H and O–H groups in total. The highest BCUT2D eigenvalue weighted by molar-refractivity contribution is 7.92. The van der Waals surface area contributed by atoms with E-state index in [4.69, 9.17) is 14.1 Å². The molecule has 2 aromatic carbocycles. The molecule has 0 unspecified atom stereocenters. The van der Waals surface area contributed by atoms with E-state index in [0.717, 1.165) is 28.0 Å². The van der Waals surface area contributed by atoms with Crippen molar-refractivity contribution >= 4 is 33.1 Å². The van der Waals surface area contributed by atoms with E-state index in [9.17, 15) is 13.2 Å². The van der Waals surface area contributed by atoms with Gasteiger partial charge >= 0.3 is 0 Å². The average molecular weight is 613 g/mol. The van der Waals surface area contributed by atoms with Crippen molar-refractivity contribution in [3.05, 3.63) is 88.4 Å². The van der Waals surface area contributed by atoms with Crippen LogP contribution in [0.25, 0.3) is 22.5 Å². The number of sulfonamides is 1. The summed E-state index contributed by atoms with van der Waals surface area (Å²) in [6.45, 7) is 10.3. The highest BCUT2D eigenvalue weighted by atomic mass is 32.2. The molecule has 0 saturated heterocycles. The van der Waals surface area contributed by atoms with E-state index >= 15 is 0 Å². The van der Waals surface area contributed by atoms with Crippen LogP contribution in [0.1, 0.15) is 58.3 Å². The van der Waals surface area contributed by atoms with Crippen molar-refractivity contribution in [2.24, 2.45) is 0 Å². The molecule has 4 heterocycles. The number of carbonyl (C=O) groups is 1. The zero-order valence-corrected chi connectivity index (χ0v) is 25.9. The number of aromatic nitrogens is 4. The van der Waals surface area contributed by atoms with E-state index in [-0.39, 0.29) is 53.8 Å². The molecule has 0 fully saturated rings. The zero-order chi connectivity index (χ0) is 31.2. The van der Waals surface area contributed by atoms with Gasteiger partial charge in [-0.2, -0.15) is 4.98 Å². The highest BCUT2D eigenvalue weighted by Crippen LogP contribution is 2.30. The number of ether oxygens (including phenoxy) is 1. The maximum atomic E-state index is 13.8. The average Bonchev–Trinajstić information content (AvgIpc) is 3.31. The van der Waals surface area contributed by atoms with Gasteiger partial charge in [-0.3, -0.25) is 4.79 Å². The van der Waals surface area contributed by atoms with E-state index in [2.05, 4.69) is 19.7 Å². The third kappa shape index (κ3) is 5.60. The lowest BCUT2D eigenvalue weighted by molar-refractivity contribution is 0.0712.